The van der Waals surface area contributed by atoms with Crippen LogP contribution in [0.2, 0.25) is 0 Å². The molecule has 1 aromatic carbocycles. The Kier molecular flexibility index (Phi) is 7.28. The van der Waals surface area contributed by atoms with Gasteiger partial charge in [0.25, 0.3) is 5.91 Å². The highest BCUT2D eigenvalue weighted by Gasteiger charge is 2.22. The molecule has 154 valence electrons. The van der Waals surface area contributed by atoms with Gasteiger partial charge in [-0.05, 0) is 42.6 Å². The number of carbonyl (C=O) groups excluding carboxylic acids is 4. The lowest BCUT2D eigenvalue weighted by Gasteiger charge is -2.18. The van der Waals surface area contributed by atoms with Gasteiger partial charge < -0.3 is 15.4 Å². The molecule has 29 heavy (non-hydrogen) atoms. The third kappa shape index (κ3) is 6.53. The summed E-state index contributed by atoms with van der Waals surface area (Å²) in [4.78, 5) is 48.7. The largest absolute Gasteiger partial charge is 0.453 e. The summed E-state index contributed by atoms with van der Waals surface area (Å²) in [6.45, 7) is 6.56. The van der Waals surface area contributed by atoms with Gasteiger partial charge in [-0.15, -0.1) is 11.3 Å². The van der Waals surface area contributed by atoms with Gasteiger partial charge in [0.2, 0.25) is 11.7 Å². The molecule has 0 aliphatic heterocycles. The van der Waals surface area contributed by atoms with Crippen LogP contribution in [-0.4, -0.2) is 36.2 Å². The van der Waals surface area contributed by atoms with E-state index in [1.165, 1.54) is 18.3 Å². The molecule has 2 aromatic rings. The van der Waals surface area contributed by atoms with Gasteiger partial charge in [0.1, 0.15) is 6.54 Å². The van der Waals surface area contributed by atoms with E-state index in [1.807, 2.05) is 0 Å². The first-order chi connectivity index (χ1) is 13.6. The molecular formula is C21H24N2O5S. The third-order valence-electron chi connectivity index (χ3n) is 3.92. The smallest absolute Gasteiger partial charge is 0.326 e. The Labute approximate surface area is 173 Å². The quantitative estimate of drug-likeness (QED) is 0.533. The fourth-order valence-corrected chi connectivity index (χ4v) is 2.85. The number of thiophene rings is 1. The van der Waals surface area contributed by atoms with Crippen LogP contribution in [0.1, 0.15) is 47.7 Å². The SMILES string of the molecule is C[C@@H](OC(=O)CNC(=O)c1cccs1)C(=O)c1ccc(NC(=O)C(C)(C)C)cc1. The summed E-state index contributed by atoms with van der Waals surface area (Å²) >= 11 is 1.26. The number of esters is 1. The van der Waals surface area contributed by atoms with Crippen molar-refractivity contribution < 1.29 is 23.9 Å². The zero-order chi connectivity index (χ0) is 21.6. The van der Waals surface area contributed by atoms with E-state index >= 15 is 0 Å². The number of hydrogen-bond acceptors (Lipinski definition) is 6. The lowest BCUT2D eigenvalue weighted by atomic mass is 9.95. The van der Waals surface area contributed by atoms with Crippen molar-refractivity contribution in [3.8, 4) is 0 Å². The normalized spacial score (nSPS) is 12.0. The lowest BCUT2D eigenvalue weighted by Crippen LogP contribution is -2.33. The molecule has 8 heteroatoms. The lowest BCUT2D eigenvalue weighted by molar-refractivity contribution is -0.145. The molecule has 0 spiro atoms. The summed E-state index contributed by atoms with van der Waals surface area (Å²) in [7, 11) is 0. The van der Waals surface area contributed by atoms with E-state index in [1.54, 1.807) is 62.5 Å². The maximum atomic E-state index is 12.4. The molecule has 0 aliphatic rings. The second-order valence-electron chi connectivity index (χ2n) is 7.44. The van der Waals surface area contributed by atoms with Crippen LogP contribution in [0.25, 0.3) is 0 Å². The molecule has 0 saturated carbocycles. The van der Waals surface area contributed by atoms with Gasteiger partial charge in [-0.2, -0.15) is 0 Å². The van der Waals surface area contributed by atoms with Gasteiger partial charge in [0.15, 0.2) is 6.10 Å². The molecule has 7 nitrogen and oxygen atoms in total. The second-order valence-corrected chi connectivity index (χ2v) is 8.39. The van der Waals surface area contributed by atoms with E-state index in [9.17, 15) is 19.2 Å². The zero-order valence-electron chi connectivity index (χ0n) is 16.8. The van der Waals surface area contributed by atoms with Crippen molar-refractivity contribution in [3.63, 3.8) is 0 Å². The summed E-state index contributed by atoms with van der Waals surface area (Å²) < 4.78 is 5.10. The number of nitrogens with one attached hydrogen (secondary N) is 2. The molecule has 0 aliphatic carbocycles. The molecule has 0 radical (unpaired) electrons. The summed E-state index contributed by atoms with van der Waals surface area (Å²) in [6, 6.07) is 9.73. The van der Waals surface area contributed by atoms with E-state index in [0.29, 0.717) is 16.1 Å². The van der Waals surface area contributed by atoms with E-state index in [0.717, 1.165) is 0 Å². The van der Waals surface area contributed by atoms with Crippen molar-refractivity contribution >= 4 is 40.6 Å². The van der Waals surface area contributed by atoms with Gasteiger partial charge in [-0.25, -0.2) is 0 Å². The summed E-state index contributed by atoms with van der Waals surface area (Å²) in [6.07, 6.45) is -1.00. The molecule has 1 atom stereocenters. The highest BCUT2D eigenvalue weighted by atomic mass is 32.1. The van der Waals surface area contributed by atoms with Crippen LogP contribution in [0.4, 0.5) is 5.69 Å². The zero-order valence-corrected chi connectivity index (χ0v) is 17.6. The number of amides is 2. The van der Waals surface area contributed by atoms with Gasteiger partial charge >= 0.3 is 5.97 Å². The average molecular weight is 416 g/mol. The van der Waals surface area contributed by atoms with Crippen molar-refractivity contribution in [2.45, 2.75) is 33.8 Å². The molecule has 0 bridgehead atoms. The van der Waals surface area contributed by atoms with E-state index in [2.05, 4.69) is 10.6 Å². The summed E-state index contributed by atoms with van der Waals surface area (Å²) in [5.41, 5.74) is 0.389. The molecule has 2 rings (SSSR count). The summed E-state index contributed by atoms with van der Waals surface area (Å²) in [5.74, 6) is -1.59. The van der Waals surface area contributed by atoms with Gasteiger partial charge in [-0.1, -0.05) is 26.8 Å². The molecule has 2 N–H and O–H groups in total. The summed E-state index contributed by atoms with van der Waals surface area (Å²) in [5, 5.41) is 6.98. The Morgan fingerprint density at radius 3 is 2.28 bits per heavy atom. The van der Waals surface area contributed by atoms with Gasteiger partial charge in [0, 0.05) is 16.7 Å². The van der Waals surface area contributed by atoms with Crippen LogP contribution in [-0.2, 0) is 14.3 Å². The Morgan fingerprint density at radius 1 is 1.07 bits per heavy atom. The molecular weight excluding hydrogens is 392 g/mol. The topological polar surface area (TPSA) is 102 Å². The van der Waals surface area contributed by atoms with Gasteiger partial charge in [-0.3, -0.25) is 19.2 Å². The number of Topliss-reactive ketones (excluding diaryl/α,β-unsaturated/α-hetero) is 1. The number of anilines is 1. The van der Waals surface area contributed by atoms with E-state index < -0.39 is 17.5 Å². The van der Waals surface area contributed by atoms with Crippen LogP contribution < -0.4 is 10.6 Å². The molecule has 1 heterocycles. The van der Waals surface area contributed by atoms with Crippen LogP contribution in [0.5, 0.6) is 0 Å². The Morgan fingerprint density at radius 2 is 1.72 bits per heavy atom. The number of rotatable bonds is 7. The average Bonchev–Trinajstić information content (AvgIpc) is 3.20. The Bertz CT molecular complexity index is 883. The molecule has 1 aromatic heterocycles. The van der Waals surface area contributed by atoms with Crippen molar-refractivity contribution in [1.82, 2.24) is 5.32 Å². The van der Waals surface area contributed by atoms with Crippen LogP contribution >= 0.6 is 11.3 Å². The van der Waals surface area contributed by atoms with E-state index in [-0.39, 0.29) is 24.1 Å². The van der Waals surface area contributed by atoms with Gasteiger partial charge in [0.05, 0.1) is 4.88 Å². The molecule has 0 unspecified atom stereocenters. The number of carbonyl (C=O) groups is 4. The number of ether oxygens (including phenoxy) is 1. The van der Waals surface area contributed by atoms with Crippen molar-refractivity contribution in [1.29, 1.82) is 0 Å². The molecule has 0 fully saturated rings. The van der Waals surface area contributed by atoms with Crippen molar-refractivity contribution in [3.05, 3.63) is 52.2 Å². The number of hydrogen-bond donors (Lipinski definition) is 2. The molecule has 2 amide bonds. The number of benzene rings is 1. The maximum absolute atomic E-state index is 12.4. The monoisotopic (exact) mass is 416 g/mol. The second kappa shape index (κ2) is 9.47. The maximum Gasteiger partial charge on any atom is 0.326 e. The number of ketones is 1. The van der Waals surface area contributed by atoms with Crippen LogP contribution in [0.15, 0.2) is 41.8 Å². The predicted molar refractivity (Wildman–Crippen MR) is 111 cm³/mol. The highest BCUT2D eigenvalue weighted by Crippen LogP contribution is 2.18. The van der Waals surface area contributed by atoms with E-state index in [4.69, 9.17) is 4.74 Å². The minimum atomic E-state index is -1.00. The van der Waals surface area contributed by atoms with Crippen molar-refractivity contribution in [2.24, 2.45) is 5.41 Å². The first kappa shape index (κ1) is 22.3. The minimum Gasteiger partial charge on any atom is -0.453 e. The highest BCUT2D eigenvalue weighted by molar-refractivity contribution is 7.12. The van der Waals surface area contributed by atoms with Crippen LogP contribution in [0, 0.1) is 5.41 Å². The van der Waals surface area contributed by atoms with Crippen LogP contribution in [0.3, 0.4) is 0 Å². The standard InChI is InChI=1S/C21H24N2O5S/c1-13(28-17(24)12-22-19(26)16-6-5-11-29-16)18(25)14-7-9-15(10-8-14)23-20(27)21(2,3)4/h5-11,13H,12H2,1-4H3,(H,22,26)(H,23,27)/t13-/m1/s1. The fourth-order valence-electron chi connectivity index (χ4n) is 2.21. The first-order valence-electron chi connectivity index (χ1n) is 9.05. The first-order valence-corrected chi connectivity index (χ1v) is 9.93. The predicted octanol–water partition coefficient (Wildman–Crippen LogP) is 3.28. The third-order valence-corrected chi connectivity index (χ3v) is 4.79. The Hall–Kier alpha value is -3.00. The fraction of sp³-hybridized carbons (Fsp3) is 0.333. The molecule has 0 saturated heterocycles. The Balaban J connectivity index is 1.86. The minimum absolute atomic E-state index is 0.136. The van der Waals surface area contributed by atoms with Crippen molar-refractivity contribution in [2.75, 3.05) is 11.9 Å².